The Morgan fingerprint density at radius 3 is 2.56 bits per heavy atom. The highest BCUT2D eigenvalue weighted by Gasteiger charge is 2.32. The van der Waals surface area contributed by atoms with Crippen molar-refractivity contribution in [3.05, 3.63) is 0 Å². The van der Waals surface area contributed by atoms with Gasteiger partial charge in [0.1, 0.15) is 11.4 Å². The molecule has 4 heteroatoms. The predicted octanol–water partition coefficient (Wildman–Crippen LogP) is 3.00. The maximum atomic E-state index is 11.9. The van der Waals surface area contributed by atoms with Crippen molar-refractivity contribution in [3.8, 4) is 0 Å². The Hall–Kier alpha value is -1.06. The summed E-state index contributed by atoms with van der Waals surface area (Å²) in [6.45, 7) is 8.80. The van der Waals surface area contributed by atoms with Crippen molar-refractivity contribution in [2.24, 2.45) is 5.92 Å². The fourth-order valence-corrected chi connectivity index (χ4v) is 2.07. The number of ether oxygens (including phenoxy) is 1. The maximum Gasteiger partial charge on any atom is 0.410 e. The summed E-state index contributed by atoms with van der Waals surface area (Å²) >= 11 is 0. The number of rotatable bonds is 4. The summed E-state index contributed by atoms with van der Waals surface area (Å²) in [4.78, 5) is 25.4. The summed E-state index contributed by atoms with van der Waals surface area (Å²) in [5.41, 5.74) is -0.471. The second kappa shape index (κ2) is 6.21. The Kier molecular flexibility index (Phi) is 5.17. The standard InChI is InChI=1S/C14H25NO3/c1-5-6-7-12(16)11-8-9-15(10-11)13(17)18-14(2,3)4/h11H,5-10H2,1-4H3/t11-/m0/s1. The highest BCUT2D eigenvalue weighted by molar-refractivity contribution is 5.82. The number of carbonyl (C=O) groups excluding carboxylic acids is 2. The monoisotopic (exact) mass is 255 g/mol. The summed E-state index contributed by atoms with van der Waals surface area (Å²) < 4.78 is 5.31. The van der Waals surface area contributed by atoms with Crippen LogP contribution in [0, 0.1) is 5.92 Å². The van der Waals surface area contributed by atoms with Crippen LogP contribution in [0.25, 0.3) is 0 Å². The lowest BCUT2D eigenvalue weighted by atomic mass is 9.99. The van der Waals surface area contributed by atoms with Crippen molar-refractivity contribution in [3.63, 3.8) is 0 Å². The first kappa shape index (κ1) is 15.0. The first-order valence-corrected chi connectivity index (χ1v) is 6.84. The molecule has 0 aliphatic carbocycles. The largest absolute Gasteiger partial charge is 0.444 e. The zero-order valence-corrected chi connectivity index (χ0v) is 12.0. The molecule has 1 heterocycles. The molecule has 1 atom stereocenters. The number of unbranched alkanes of at least 4 members (excludes halogenated alkanes) is 1. The van der Waals surface area contributed by atoms with Crippen molar-refractivity contribution in [1.82, 2.24) is 4.90 Å². The summed E-state index contributed by atoms with van der Waals surface area (Å²) in [5, 5.41) is 0. The van der Waals surface area contributed by atoms with Crippen LogP contribution in [-0.2, 0) is 9.53 Å². The molecule has 0 aromatic carbocycles. The van der Waals surface area contributed by atoms with Crippen molar-refractivity contribution in [2.75, 3.05) is 13.1 Å². The molecule has 104 valence electrons. The molecule has 0 unspecified atom stereocenters. The van der Waals surface area contributed by atoms with Gasteiger partial charge in [0.15, 0.2) is 0 Å². The average molecular weight is 255 g/mol. The zero-order chi connectivity index (χ0) is 13.8. The number of carbonyl (C=O) groups is 2. The molecular formula is C14H25NO3. The molecule has 18 heavy (non-hydrogen) atoms. The van der Waals surface area contributed by atoms with Gasteiger partial charge in [-0.05, 0) is 33.6 Å². The third kappa shape index (κ3) is 4.67. The Labute approximate surface area is 110 Å². The fourth-order valence-electron chi connectivity index (χ4n) is 2.07. The van der Waals surface area contributed by atoms with E-state index in [4.69, 9.17) is 4.74 Å². The van der Waals surface area contributed by atoms with E-state index in [1.807, 2.05) is 20.8 Å². The third-order valence-corrected chi connectivity index (χ3v) is 3.07. The molecule has 0 saturated carbocycles. The van der Waals surface area contributed by atoms with E-state index in [1.165, 1.54) is 0 Å². The number of hydrogen-bond donors (Lipinski definition) is 0. The molecule has 4 nitrogen and oxygen atoms in total. The highest BCUT2D eigenvalue weighted by Crippen LogP contribution is 2.21. The van der Waals surface area contributed by atoms with Crippen molar-refractivity contribution >= 4 is 11.9 Å². The van der Waals surface area contributed by atoms with E-state index in [-0.39, 0.29) is 12.0 Å². The lowest BCUT2D eigenvalue weighted by molar-refractivity contribution is -0.122. The first-order chi connectivity index (χ1) is 8.33. The van der Waals surface area contributed by atoms with Crippen molar-refractivity contribution in [2.45, 2.75) is 59.0 Å². The van der Waals surface area contributed by atoms with Crippen LogP contribution in [0.5, 0.6) is 0 Å². The number of likely N-dealkylation sites (tertiary alicyclic amines) is 1. The molecule has 0 radical (unpaired) electrons. The second-order valence-electron chi connectivity index (χ2n) is 5.98. The van der Waals surface area contributed by atoms with E-state index < -0.39 is 5.60 Å². The number of amides is 1. The molecule has 1 aliphatic heterocycles. The van der Waals surface area contributed by atoms with E-state index in [1.54, 1.807) is 4.90 Å². The topological polar surface area (TPSA) is 46.6 Å². The van der Waals surface area contributed by atoms with Crippen molar-refractivity contribution in [1.29, 1.82) is 0 Å². The van der Waals surface area contributed by atoms with Gasteiger partial charge in [0.2, 0.25) is 0 Å². The van der Waals surface area contributed by atoms with Crippen LogP contribution in [0.1, 0.15) is 53.4 Å². The molecule has 1 aliphatic rings. The van der Waals surface area contributed by atoms with E-state index in [0.29, 0.717) is 25.3 Å². The molecule has 0 aromatic rings. The normalized spacial score (nSPS) is 20.0. The summed E-state index contributed by atoms with van der Waals surface area (Å²) in [5.74, 6) is 0.312. The molecule has 0 aromatic heterocycles. The Bertz CT molecular complexity index is 307. The van der Waals surface area contributed by atoms with E-state index in [2.05, 4.69) is 6.92 Å². The van der Waals surface area contributed by atoms with Gasteiger partial charge in [-0.2, -0.15) is 0 Å². The molecule has 1 rings (SSSR count). The Morgan fingerprint density at radius 2 is 2.00 bits per heavy atom. The van der Waals surface area contributed by atoms with Crippen LogP contribution in [0.4, 0.5) is 4.79 Å². The summed E-state index contributed by atoms with van der Waals surface area (Å²) in [6.07, 6.45) is 3.11. The summed E-state index contributed by atoms with van der Waals surface area (Å²) in [7, 11) is 0. The highest BCUT2D eigenvalue weighted by atomic mass is 16.6. The first-order valence-electron chi connectivity index (χ1n) is 6.84. The molecule has 1 saturated heterocycles. The van der Waals surface area contributed by atoms with E-state index in [9.17, 15) is 9.59 Å². The Balaban J connectivity index is 2.41. The van der Waals surface area contributed by atoms with Crippen LogP contribution < -0.4 is 0 Å². The number of Topliss-reactive ketones (excluding diaryl/α,β-unsaturated/α-hetero) is 1. The lowest BCUT2D eigenvalue weighted by Crippen LogP contribution is -2.35. The minimum atomic E-state index is -0.471. The molecule has 1 fully saturated rings. The third-order valence-electron chi connectivity index (χ3n) is 3.07. The van der Waals surface area contributed by atoms with Gasteiger partial charge in [0, 0.05) is 25.4 Å². The Morgan fingerprint density at radius 1 is 1.33 bits per heavy atom. The van der Waals surface area contributed by atoms with Gasteiger partial charge in [0.05, 0.1) is 0 Å². The SMILES string of the molecule is CCCCC(=O)[C@H]1CCN(C(=O)OC(C)(C)C)C1. The minimum Gasteiger partial charge on any atom is -0.444 e. The quantitative estimate of drug-likeness (QED) is 0.775. The zero-order valence-electron chi connectivity index (χ0n) is 12.0. The molecule has 1 amide bonds. The van der Waals surface area contributed by atoms with Gasteiger partial charge in [-0.25, -0.2) is 4.79 Å². The van der Waals surface area contributed by atoms with E-state index in [0.717, 1.165) is 19.3 Å². The average Bonchev–Trinajstić information content (AvgIpc) is 2.72. The molecular weight excluding hydrogens is 230 g/mol. The van der Waals surface area contributed by atoms with Crippen LogP contribution in [0.2, 0.25) is 0 Å². The smallest absolute Gasteiger partial charge is 0.410 e. The minimum absolute atomic E-state index is 0.0177. The van der Waals surface area contributed by atoms with Crippen LogP contribution in [0.3, 0.4) is 0 Å². The van der Waals surface area contributed by atoms with E-state index >= 15 is 0 Å². The molecule has 0 spiro atoms. The predicted molar refractivity (Wildman–Crippen MR) is 70.4 cm³/mol. The van der Waals surface area contributed by atoms with Gasteiger partial charge >= 0.3 is 6.09 Å². The molecule has 0 bridgehead atoms. The molecule has 0 N–H and O–H groups in total. The van der Waals surface area contributed by atoms with Crippen molar-refractivity contribution < 1.29 is 14.3 Å². The van der Waals surface area contributed by atoms with Gasteiger partial charge in [-0.15, -0.1) is 0 Å². The number of nitrogens with zero attached hydrogens (tertiary/aromatic N) is 1. The number of hydrogen-bond acceptors (Lipinski definition) is 3. The second-order valence-corrected chi connectivity index (χ2v) is 5.98. The van der Waals surface area contributed by atoms with Crippen LogP contribution >= 0.6 is 0 Å². The van der Waals surface area contributed by atoms with Gasteiger partial charge in [0.25, 0.3) is 0 Å². The fraction of sp³-hybridized carbons (Fsp3) is 0.857. The van der Waals surface area contributed by atoms with Crippen LogP contribution in [-0.4, -0.2) is 35.5 Å². The number of ketones is 1. The lowest BCUT2D eigenvalue weighted by Gasteiger charge is -2.24. The summed E-state index contributed by atoms with van der Waals surface area (Å²) in [6, 6.07) is 0. The van der Waals surface area contributed by atoms with Gasteiger partial charge in [-0.1, -0.05) is 13.3 Å². The van der Waals surface area contributed by atoms with Crippen LogP contribution in [0.15, 0.2) is 0 Å². The van der Waals surface area contributed by atoms with Gasteiger partial charge in [-0.3, -0.25) is 4.79 Å². The van der Waals surface area contributed by atoms with Gasteiger partial charge < -0.3 is 9.64 Å². The maximum absolute atomic E-state index is 11.9.